The van der Waals surface area contributed by atoms with Crippen molar-refractivity contribution in [2.24, 2.45) is 0 Å². The van der Waals surface area contributed by atoms with Crippen LogP contribution in [0.5, 0.6) is 5.75 Å². The Labute approximate surface area is 175 Å². The summed E-state index contributed by atoms with van der Waals surface area (Å²) in [5.74, 6) is 0.435. The van der Waals surface area contributed by atoms with Gasteiger partial charge in [-0.15, -0.1) is 5.10 Å². The first-order valence-electron chi connectivity index (χ1n) is 9.55. The maximum Gasteiger partial charge on any atom is 0.265 e. The number of rotatable bonds is 6. The van der Waals surface area contributed by atoms with E-state index in [1.165, 1.54) is 23.5 Å². The highest BCUT2D eigenvalue weighted by Crippen LogP contribution is 2.31. The first-order valence-corrected chi connectivity index (χ1v) is 10.4. The van der Waals surface area contributed by atoms with E-state index >= 15 is 0 Å². The van der Waals surface area contributed by atoms with E-state index in [0.717, 1.165) is 39.2 Å². The Balaban J connectivity index is 1.20. The van der Waals surface area contributed by atoms with E-state index < -0.39 is 0 Å². The Kier molecular flexibility index (Phi) is 4.80. The van der Waals surface area contributed by atoms with Crippen LogP contribution in [-0.4, -0.2) is 40.2 Å². The van der Waals surface area contributed by atoms with Crippen LogP contribution >= 0.6 is 11.3 Å². The van der Waals surface area contributed by atoms with Crippen molar-refractivity contribution >= 4 is 33.0 Å². The van der Waals surface area contributed by atoms with Crippen LogP contribution in [0.1, 0.15) is 6.42 Å². The van der Waals surface area contributed by atoms with E-state index in [9.17, 15) is 9.18 Å². The Morgan fingerprint density at radius 3 is 2.83 bits per heavy atom. The average Bonchev–Trinajstić information content (AvgIpc) is 3.32. The Morgan fingerprint density at radius 2 is 2.00 bits per heavy atom. The van der Waals surface area contributed by atoms with Crippen molar-refractivity contribution in [2.75, 3.05) is 29.9 Å². The van der Waals surface area contributed by atoms with Crippen LogP contribution in [0, 0.1) is 5.82 Å². The molecule has 1 aliphatic heterocycles. The lowest BCUT2D eigenvalue weighted by molar-refractivity contribution is -0.121. The van der Waals surface area contributed by atoms with Gasteiger partial charge in [0.1, 0.15) is 11.6 Å². The highest BCUT2D eigenvalue weighted by atomic mass is 32.1. The molecule has 2 aromatic heterocycles. The third kappa shape index (κ3) is 3.59. The van der Waals surface area contributed by atoms with E-state index in [4.69, 9.17) is 4.74 Å². The molecule has 0 saturated heterocycles. The van der Waals surface area contributed by atoms with Gasteiger partial charge in [0.2, 0.25) is 10.1 Å². The molecule has 5 rings (SSSR count). The smallest absolute Gasteiger partial charge is 0.265 e. The first-order chi connectivity index (χ1) is 14.7. The molecule has 0 spiro atoms. The number of carbonyl (C=O) groups excluding carboxylic acids is 1. The molecular formula is C21H18FN5O2S. The summed E-state index contributed by atoms with van der Waals surface area (Å²) in [5.41, 5.74) is 2.42. The zero-order valence-corrected chi connectivity index (χ0v) is 16.7. The van der Waals surface area contributed by atoms with Crippen molar-refractivity contribution < 1.29 is 13.9 Å². The average molecular weight is 423 g/mol. The predicted octanol–water partition coefficient (Wildman–Crippen LogP) is 3.82. The number of carbonyl (C=O) groups is 1. The molecule has 1 amide bonds. The quantitative estimate of drug-likeness (QED) is 0.478. The monoisotopic (exact) mass is 423 g/mol. The number of amides is 1. The maximum absolute atomic E-state index is 13.1. The number of hydrogen-bond acceptors (Lipinski definition) is 6. The summed E-state index contributed by atoms with van der Waals surface area (Å²) in [4.78, 5) is 19.3. The molecule has 0 radical (unpaired) electrons. The lowest BCUT2D eigenvalue weighted by atomic mass is 10.2. The molecule has 0 aliphatic carbocycles. The number of hydrogen-bond donors (Lipinski definition) is 1. The van der Waals surface area contributed by atoms with Gasteiger partial charge >= 0.3 is 0 Å². The number of para-hydroxylation sites is 2. The number of aromatic nitrogens is 3. The van der Waals surface area contributed by atoms with Crippen LogP contribution in [0.2, 0.25) is 0 Å². The fourth-order valence-electron chi connectivity index (χ4n) is 3.36. The second-order valence-electron chi connectivity index (χ2n) is 6.85. The summed E-state index contributed by atoms with van der Waals surface area (Å²) >= 11 is 1.45. The number of nitrogens with one attached hydrogen (secondary N) is 1. The zero-order chi connectivity index (χ0) is 20.5. The van der Waals surface area contributed by atoms with Crippen molar-refractivity contribution in [3.8, 4) is 17.0 Å². The third-order valence-electron chi connectivity index (χ3n) is 4.83. The van der Waals surface area contributed by atoms with Gasteiger partial charge in [0.15, 0.2) is 6.61 Å². The first kappa shape index (κ1) is 18.6. The minimum Gasteiger partial charge on any atom is -0.482 e. The summed E-state index contributed by atoms with van der Waals surface area (Å²) in [6.45, 7) is 1.35. The lowest BCUT2D eigenvalue weighted by Crippen LogP contribution is -2.39. The summed E-state index contributed by atoms with van der Waals surface area (Å²) in [5, 5.41) is 8.55. The number of nitrogens with zero attached hydrogens (tertiary/aromatic N) is 4. The second-order valence-corrected chi connectivity index (χ2v) is 7.81. The molecule has 0 fully saturated rings. The molecule has 7 nitrogen and oxygen atoms in total. The van der Waals surface area contributed by atoms with Gasteiger partial charge in [0, 0.05) is 18.7 Å². The molecule has 152 valence electrons. The second kappa shape index (κ2) is 7.75. The van der Waals surface area contributed by atoms with Crippen LogP contribution in [-0.2, 0) is 4.79 Å². The predicted molar refractivity (Wildman–Crippen MR) is 114 cm³/mol. The summed E-state index contributed by atoms with van der Waals surface area (Å²) in [7, 11) is 0. The summed E-state index contributed by atoms with van der Waals surface area (Å²) < 4.78 is 20.3. The van der Waals surface area contributed by atoms with Crippen LogP contribution in [0.15, 0.2) is 54.7 Å². The fraction of sp³-hybridized carbons (Fsp3) is 0.190. The molecule has 0 bridgehead atoms. The lowest BCUT2D eigenvalue weighted by Gasteiger charge is -2.29. The molecule has 1 N–H and O–H groups in total. The van der Waals surface area contributed by atoms with Crippen LogP contribution in [0.3, 0.4) is 0 Å². The molecular weight excluding hydrogens is 405 g/mol. The number of benzene rings is 2. The molecule has 0 unspecified atom stereocenters. The van der Waals surface area contributed by atoms with Gasteiger partial charge in [-0.2, -0.15) is 0 Å². The van der Waals surface area contributed by atoms with Gasteiger partial charge in [-0.25, -0.2) is 13.9 Å². The zero-order valence-electron chi connectivity index (χ0n) is 15.9. The summed E-state index contributed by atoms with van der Waals surface area (Å²) in [6.07, 6.45) is 2.59. The number of imidazole rings is 1. The Hall–Kier alpha value is -3.46. The molecule has 9 heteroatoms. The number of anilines is 2. The van der Waals surface area contributed by atoms with Gasteiger partial charge in [-0.05, 0) is 42.8 Å². The molecule has 2 aromatic carbocycles. The number of ether oxygens (including phenoxy) is 1. The highest BCUT2D eigenvalue weighted by molar-refractivity contribution is 7.20. The van der Waals surface area contributed by atoms with Crippen molar-refractivity contribution in [1.29, 1.82) is 0 Å². The third-order valence-corrected chi connectivity index (χ3v) is 5.71. The van der Waals surface area contributed by atoms with E-state index in [1.807, 2.05) is 30.5 Å². The van der Waals surface area contributed by atoms with Crippen molar-refractivity contribution in [3.63, 3.8) is 0 Å². The van der Waals surface area contributed by atoms with E-state index in [0.29, 0.717) is 13.1 Å². The van der Waals surface area contributed by atoms with Crippen molar-refractivity contribution in [1.82, 2.24) is 14.6 Å². The van der Waals surface area contributed by atoms with Crippen LogP contribution in [0.25, 0.3) is 16.2 Å². The van der Waals surface area contributed by atoms with Gasteiger partial charge in [-0.1, -0.05) is 23.5 Å². The topological polar surface area (TPSA) is 71.8 Å². The van der Waals surface area contributed by atoms with Gasteiger partial charge in [-0.3, -0.25) is 4.79 Å². The Morgan fingerprint density at radius 1 is 1.17 bits per heavy atom. The Bertz CT molecular complexity index is 1170. The normalized spacial score (nSPS) is 13.4. The SMILES string of the molecule is O=C1COc2ccccc2N1CCCNc1nn2cc(-c3ccc(F)cc3)nc2s1. The molecule has 1 aliphatic rings. The van der Waals surface area contributed by atoms with Gasteiger partial charge in [0.05, 0.1) is 17.6 Å². The van der Waals surface area contributed by atoms with Crippen molar-refractivity contribution in [2.45, 2.75) is 6.42 Å². The summed E-state index contributed by atoms with van der Waals surface area (Å²) in [6, 6.07) is 13.8. The molecule has 30 heavy (non-hydrogen) atoms. The minimum atomic E-state index is -0.272. The fourth-order valence-corrected chi connectivity index (χ4v) is 4.17. The largest absolute Gasteiger partial charge is 0.482 e. The minimum absolute atomic E-state index is 0.0326. The molecule has 3 heterocycles. The van der Waals surface area contributed by atoms with Gasteiger partial charge in [0.25, 0.3) is 5.91 Å². The number of fused-ring (bicyclic) bond motifs is 2. The standard InChI is InChI=1S/C21H18FN5O2S/c22-15-8-6-14(7-9-15)16-12-27-21(24-16)30-20(25-27)23-10-3-11-26-17-4-1-2-5-18(17)29-13-19(26)28/h1-2,4-9,12H,3,10-11,13H2,(H,23,25). The molecule has 0 saturated carbocycles. The maximum atomic E-state index is 13.1. The van der Waals surface area contributed by atoms with E-state index in [1.54, 1.807) is 21.5 Å². The highest BCUT2D eigenvalue weighted by Gasteiger charge is 2.24. The van der Waals surface area contributed by atoms with Crippen LogP contribution in [0.4, 0.5) is 15.2 Å². The van der Waals surface area contributed by atoms with E-state index in [-0.39, 0.29) is 18.3 Å². The molecule has 0 atom stereocenters. The number of halogens is 1. The molecule has 4 aromatic rings. The van der Waals surface area contributed by atoms with Crippen LogP contribution < -0.4 is 15.0 Å². The van der Waals surface area contributed by atoms with Gasteiger partial charge < -0.3 is 15.0 Å². The van der Waals surface area contributed by atoms with E-state index in [2.05, 4.69) is 15.4 Å². The van der Waals surface area contributed by atoms with Crippen molar-refractivity contribution in [3.05, 3.63) is 60.5 Å².